The highest BCUT2D eigenvalue weighted by Crippen LogP contribution is 2.16. The molecule has 0 aromatic heterocycles. The van der Waals surface area contributed by atoms with Gasteiger partial charge in [0.15, 0.2) is 0 Å². The van der Waals surface area contributed by atoms with Crippen LogP contribution in [0.2, 0.25) is 0 Å². The molecule has 4 nitrogen and oxygen atoms in total. The van der Waals surface area contributed by atoms with Gasteiger partial charge in [-0.2, -0.15) is 0 Å². The SMILES string of the molecule is CCOC(=O)NCCNC1CCCCC1. The highest BCUT2D eigenvalue weighted by atomic mass is 16.5. The van der Waals surface area contributed by atoms with Crippen LogP contribution in [0.4, 0.5) is 4.79 Å². The molecule has 0 aliphatic heterocycles. The van der Waals surface area contributed by atoms with Gasteiger partial charge in [-0.05, 0) is 19.8 Å². The molecule has 1 aliphatic carbocycles. The number of hydrogen-bond donors (Lipinski definition) is 2. The average molecular weight is 214 g/mol. The standard InChI is InChI=1S/C11H22N2O2/c1-2-15-11(14)13-9-8-12-10-6-4-3-5-7-10/h10,12H,2-9H2,1H3,(H,13,14). The van der Waals surface area contributed by atoms with Crippen LogP contribution < -0.4 is 10.6 Å². The first-order valence-electron chi connectivity index (χ1n) is 5.97. The van der Waals surface area contributed by atoms with E-state index in [2.05, 4.69) is 10.6 Å². The van der Waals surface area contributed by atoms with Gasteiger partial charge in [-0.25, -0.2) is 4.79 Å². The fraction of sp³-hybridized carbons (Fsp3) is 0.909. The Hall–Kier alpha value is -0.770. The Labute approximate surface area is 91.8 Å². The summed E-state index contributed by atoms with van der Waals surface area (Å²) in [7, 11) is 0. The third kappa shape index (κ3) is 5.62. The van der Waals surface area contributed by atoms with Crippen LogP contribution >= 0.6 is 0 Å². The zero-order valence-corrected chi connectivity index (χ0v) is 9.55. The second-order valence-corrected chi connectivity index (χ2v) is 3.94. The van der Waals surface area contributed by atoms with E-state index < -0.39 is 0 Å². The van der Waals surface area contributed by atoms with Gasteiger partial charge >= 0.3 is 6.09 Å². The highest BCUT2D eigenvalue weighted by molar-refractivity contribution is 5.66. The lowest BCUT2D eigenvalue weighted by molar-refractivity contribution is 0.152. The number of carbonyl (C=O) groups excluding carboxylic acids is 1. The third-order valence-electron chi connectivity index (χ3n) is 2.71. The predicted molar refractivity (Wildman–Crippen MR) is 59.9 cm³/mol. The molecular weight excluding hydrogens is 192 g/mol. The van der Waals surface area contributed by atoms with E-state index in [-0.39, 0.29) is 6.09 Å². The highest BCUT2D eigenvalue weighted by Gasteiger charge is 2.11. The number of rotatable bonds is 5. The largest absolute Gasteiger partial charge is 0.450 e. The van der Waals surface area contributed by atoms with Gasteiger partial charge in [-0.15, -0.1) is 0 Å². The van der Waals surface area contributed by atoms with Crippen LogP contribution in [-0.4, -0.2) is 31.8 Å². The number of amides is 1. The predicted octanol–water partition coefficient (Wildman–Crippen LogP) is 1.65. The number of hydrogen-bond acceptors (Lipinski definition) is 3. The van der Waals surface area contributed by atoms with E-state index in [1.54, 1.807) is 6.92 Å². The van der Waals surface area contributed by atoms with Crippen molar-refractivity contribution in [3.8, 4) is 0 Å². The first-order valence-corrected chi connectivity index (χ1v) is 5.97. The van der Waals surface area contributed by atoms with Crippen molar-refractivity contribution in [2.24, 2.45) is 0 Å². The molecular formula is C11H22N2O2. The summed E-state index contributed by atoms with van der Waals surface area (Å²) in [5, 5.41) is 6.15. The fourth-order valence-electron chi connectivity index (χ4n) is 1.93. The Bertz CT molecular complexity index is 179. The summed E-state index contributed by atoms with van der Waals surface area (Å²) < 4.78 is 4.76. The lowest BCUT2D eigenvalue weighted by Crippen LogP contribution is -2.38. The molecule has 1 saturated carbocycles. The molecule has 0 spiro atoms. The molecule has 0 saturated heterocycles. The van der Waals surface area contributed by atoms with Gasteiger partial charge in [0.25, 0.3) is 0 Å². The Morgan fingerprint density at radius 1 is 1.27 bits per heavy atom. The molecule has 2 N–H and O–H groups in total. The zero-order chi connectivity index (χ0) is 10.9. The monoisotopic (exact) mass is 214 g/mol. The minimum atomic E-state index is -0.317. The van der Waals surface area contributed by atoms with Crippen LogP contribution in [0.25, 0.3) is 0 Å². The van der Waals surface area contributed by atoms with E-state index in [1.807, 2.05) is 0 Å². The van der Waals surface area contributed by atoms with E-state index in [4.69, 9.17) is 4.74 Å². The van der Waals surface area contributed by atoms with Crippen LogP contribution in [0.1, 0.15) is 39.0 Å². The molecule has 4 heteroatoms. The summed E-state index contributed by atoms with van der Waals surface area (Å²) in [5.41, 5.74) is 0. The first-order chi connectivity index (χ1) is 7.33. The molecule has 0 aromatic rings. The van der Waals surface area contributed by atoms with Gasteiger partial charge in [0.05, 0.1) is 6.61 Å². The number of carbonyl (C=O) groups is 1. The number of alkyl carbamates (subject to hydrolysis) is 1. The van der Waals surface area contributed by atoms with Crippen molar-refractivity contribution in [2.75, 3.05) is 19.7 Å². The summed E-state index contributed by atoms with van der Waals surface area (Å²) in [5.74, 6) is 0. The molecule has 88 valence electrons. The molecule has 0 unspecified atom stereocenters. The van der Waals surface area contributed by atoms with Gasteiger partial charge in [-0.1, -0.05) is 19.3 Å². The van der Waals surface area contributed by atoms with Gasteiger partial charge in [0.2, 0.25) is 0 Å². The molecule has 1 amide bonds. The van der Waals surface area contributed by atoms with Gasteiger partial charge < -0.3 is 15.4 Å². The minimum Gasteiger partial charge on any atom is -0.450 e. The zero-order valence-electron chi connectivity index (χ0n) is 9.55. The number of nitrogens with one attached hydrogen (secondary N) is 2. The number of ether oxygens (including phenoxy) is 1. The van der Waals surface area contributed by atoms with Crippen LogP contribution in [-0.2, 0) is 4.74 Å². The summed E-state index contributed by atoms with van der Waals surface area (Å²) in [6.07, 6.45) is 6.28. The molecule has 0 atom stereocenters. The smallest absolute Gasteiger partial charge is 0.407 e. The average Bonchev–Trinajstić information content (AvgIpc) is 2.26. The maximum atomic E-state index is 10.9. The van der Waals surface area contributed by atoms with Crippen LogP contribution in [0.15, 0.2) is 0 Å². The van der Waals surface area contributed by atoms with Crippen molar-refractivity contribution in [2.45, 2.75) is 45.1 Å². The van der Waals surface area contributed by atoms with E-state index >= 15 is 0 Å². The Morgan fingerprint density at radius 2 is 2.00 bits per heavy atom. The van der Waals surface area contributed by atoms with Crippen molar-refractivity contribution in [1.82, 2.24) is 10.6 Å². The molecule has 0 radical (unpaired) electrons. The second kappa shape index (κ2) is 7.51. The molecule has 1 fully saturated rings. The van der Waals surface area contributed by atoms with E-state index in [9.17, 15) is 4.79 Å². The van der Waals surface area contributed by atoms with Crippen molar-refractivity contribution in [3.63, 3.8) is 0 Å². The first kappa shape index (κ1) is 12.3. The molecule has 15 heavy (non-hydrogen) atoms. The normalized spacial score (nSPS) is 17.4. The Kier molecular flexibility index (Phi) is 6.16. The van der Waals surface area contributed by atoms with Gasteiger partial charge in [0.1, 0.15) is 0 Å². The third-order valence-corrected chi connectivity index (χ3v) is 2.71. The molecule has 0 bridgehead atoms. The van der Waals surface area contributed by atoms with Crippen LogP contribution in [0.3, 0.4) is 0 Å². The van der Waals surface area contributed by atoms with Crippen LogP contribution in [0, 0.1) is 0 Å². The minimum absolute atomic E-state index is 0.317. The topological polar surface area (TPSA) is 50.4 Å². The van der Waals surface area contributed by atoms with Crippen molar-refractivity contribution in [3.05, 3.63) is 0 Å². The van der Waals surface area contributed by atoms with Gasteiger partial charge in [0, 0.05) is 19.1 Å². The Balaban J connectivity index is 1.93. The maximum absolute atomic E-state index is 10.9. The quantitative estimate of drug-likeness (QED) is 0.684. The van der Waals surface area contributed by atoms with E-state index in [0.29, 0.717) is 19.2 Å². The van der Waals surface area contributed by atoms with Gasteiger partial charge in [-0.3, -0.25) is 0 Å². The lowest BCUT2D eigenvalue weighted by atomic mass is 9.95. The Morgan fingerprint density at radius 3 is 2.67 bits per heavy atom. The molecule has 0 aromatic carbocycles. The molecule has 1 aliphatic rings. The fourth-order valence-corrected chi connectivity index (χ4v) is 1.93. The van der Waals surface area contributed by atoms with E-state index in [1.165, 1.54) is 32.1 Å². The molecule has 1 rings (SSSR count). The van der Waals surface area contributed by atoms with Crippen molar-refractivity contribution >= 4 is 6.09 Å². The summed E-state index contributed by atoms with van der Waals surface area (Å²) in [6.45, 7) is 3.72. The maximum Gasteiger partial charge on any atom is 0.407 e. The lowest BCUT2D eigenvalue weighted by Gasteiger charge is -2.22. The van der Waals surface area contributed by atoms with Crippen molar-refractivity contribution in [1.29, 1.82) is 0 Å². The van der Waals surface area contributed by atoms with Crippen molar-refractivity contribution < 1.29 is 9.53 Å². The van der Waals surface area contributed by atoms with E-state index in [0.717, 1.165) is 6.54 Å². The summed E-state index contributed by atoms with van der Waals surface area (Å²) >= 11 is 0. The second-order valence-electron chi connectivity index (χ2n) is 3.94. The molecule has 0 heterocycles. The van der Waals surface area contributed by atoms with Crippen LogP contribution in [0.5, 0.6) is 0 Å². The summed E-state index contributed by atoms with van der Waals surface area (Å²) in [4.78, 5) is 10.9. The summed E-state index contributed by atoms with van der Waals surface area (Å²) in [6, 6.07) is 0.655.